The van der Waals surface area contributed by atoms with Crippen molar-refractivity contribution in [2.75, 3.05) is 11.4 Å². The number of oxazole rings is 1. The molecule has 0 unspecified atom stereocenters. The smallest absolute Gasteiger partial charge is 0.266 e. The predicted octanol–water partition coefficient (Wildman–Crippen LogP) is 3.49. The first-order valence-electron chi connectivity index (χ1n) is 7.55. The molecular weight excluding hydrogens is 357 g/mol. The molecule has 3 aromatic rings. The highest BCUT2D eigenvalue weighted by Gasteiger charge is 2.28. The molecule has 0 amide bonds. The van der Waals surface area contributed by atoms with Gasteiger partial charge in [-0.3, -0.25) is 0 Å². The molecule has 0 bridgehead atoms. The van der Waals surface area contributed by atoms with E-state index in [-0.39, 0.29) is 22.4 Å². The number of aromatic nitrogens is 1. The number of nitriles is 1. The average molecular weight is 371 g/mol. The van der Waals surface area contributed by atoms with E-state index in [4.69, 9.17) is 4.42 Å². The standard InChI is InChI=1S/C18H14FN3O3S/c1-12-6-8-13(9-7-12)17-21-16(11-20)18(25-17)22(2)26(23,24)15-5-3-4-14(19)10-15/h3-10H,1-2H3. The van der Waals surface area contributed by atoms with Crippen molar-refractivity contribution < 1.29 is 17.2 Å². The van der Waals surface area contributed by atoms with Crippen LogP contribution >= 0.6 is 0 Å². The second-order valence-corrected chi connectivity index (χ2v) is 7.55. The van der Waals surface area contributed by atoms with E-state index in [9.17, 15) is 18.1 Å². The Bertz CT molecular complexity index is 1100. The van der Waals surface area contributed by atoms with Crippen molar-refractivity contribution in [1.82, 2.24) is 4.98 Å². The quantitative estimate of drug-likeness (QED) is 0.701. The first-order valence-corrected chi connectivity index (χ1v) is 8.99. The van der Waals surface area contributed by atoms with Crippen LogP contribution in [0.1, 0.15) is 11.3 Å². The van der Waals surface area contributed by atoms with E-state index in [1.807, 2.05) is 25.1 Å². The van der Waals surface area contributed by atoms with Gasteiger partial charge in [-0.05, 0) is 37.3 Å². The largest absolute Gasteiger partial charge is 0.418 e. The van der Waals surface area contributed by atoms with E-state index in [0.29, 0.717) is 5.56 Å². The van der Waals surface area contributed by atoms with Crippen LogP contribution in [0.15, 0.2) is 57.8 Å². The molecule has 132 valence electrons. The van der Waals surface area contributed by atoms with Gasteiger partial charge in [0.15, 0.2) is 0 Å². The average Bonchev–Trinajstić information content (AvgIpc) is 3.05. The van der Waals surface area contributed by atoms with Gasteiger partial charge in [-0.15, -0.1) is 0 Å². The molecule has 0 fully saturated rings. The number of anilines is 1. The fourth-order valence-electron chi connectivity index (χ4n) is 2.31. The third-order valence-electron chi connectivity index (χ3n) is 3.75. The lowest BCUT2D eigenvalue weighted by Gasteiger charge is -2.16. The molecule has 2 aromatic carbocycles. The minimum atomic E-state index is -4.11. The van der Waals surface area contributed by atoms with Gasteiger partial charge in [-0.1, -0.05) is 23.8 Å². The highest BCUT2D eigenvalue weighted by Crippen LogP contribution is 2.31. The van der Waals surface area contributed by atoms with Crippen molar-refractivity contribution in [3.63, 3.8) is 0 Å². The van der Waals surface area contributed by atoms with Crippen LogP contribution in [0.4, 0.5) is 10.3 Å². The van der Waals surface area contributed by atoms with Gasteiger partial charge in [0.1, 0.15) is 11.9 Å². The number of rotatable bonds is 4. The van der Waals surface area contributed by atoms with Gasteiger partial charge in [0.05, 0.1) is 4.90 Å². The number of benzene rings is 2. The molecule has 0 aliphatic carbocycles. The molecule has 0 aliphatic heterocycles. The molecule has 0 saturated heterocycles. The van der Waals surface area contributed by atoms with Crippen molar-refractivity contribution in [2.24, 2.45) is 0 Å². The van der Waals surface area contributed by atoms with Crippen LogP contribution in [0.5, 0.6) is 0 Å². The summed E-state index contributed by atoms with van der Waals surface area (Å²) in [5.74, 6) is -0.789. The molecule has 0 atom stereocenters. The summed E-state index contributed by atoms with van der Waals surface area (Å²) >= 11 is 0. The van der Waals surface area contributed by atoms with Crippen LogP contribution in [0.25, 0.3) is 11.5 Å². The van der Waals surface area contributed by atoms with Crippen LogP contribution in [0.3, 0.4) is 0 Å². The molecule has 8 heteroatoms. The number of aryl methyl sites for hydroxylation is 1. The van der Waals surface area contributed by atoms with Gasteiger partial charge in [-0.2, -0.15) is 10.2 Å². The molecule has 0 radical (unpaired) electrons. The summed E-state index contributed by atoms with van der Waals surface area (Å²) in [5, 5.41) is 9.30. The Morgan fingerprint density at radius 3 is 2.50 bits per heavy atom. The zero-order valence-corrected chi connectivity index (χ0v) is 14.8. The molecule has 1 heterocycles. The molecule has 0 N–H and O–H groups in total. The summed E-state index contributed by atoms with van der Waals surface area (Å²) in [7, 11) is -2.89. The van der Waals surface area contributed by atoms with E-state index < -0.39 is 15.8 Å². The Kier molecular flexibility index (Phi) is 4.49. The highest BCUT2D eigenvalue weighted by molar-refractivity contribution is 7.92. The van der Waals surface area contributed by atoms with Crippen LogP contribution in [0.2, 0.25) is 0 Å². The monoisotopic (exact) mass is 371 g/mol. The first-order chi connectivity index (χ1) is 12.3. The minimum absolute atomic E-state index is 0.123. The topological polar surface area (TPSA) is 87.2 Å². The van der Waals surface area contributed by atoms with Gasteiger partial charge >= 0.3 is 0 Å². The Morgan fingerprint density at radius 2 is 1.88 bits per heavy atom. The van der Waals surface area contributed by atoms with E-state index in [2.05, 4.69) is 4.98 Å². The van der Waals surface area contributed by atoms with Crippen molar-refractivity contribution in [3.8, 4) is 17.5 Å². The summed E-state index contributed by atoms with van der Waals surface area (Å²) in [6.07, 6.45) is 0. The van der Waals surface area contributed by atoms with E-state index in [1.54, 1.807) is 12.1 Å². The highest BCUT2D eigenvalue weighted by atomic mass is 32.2. The number of hydrogen-bond donors (Lipinski definition) is 0. The van der Waals surface area contributed by atoms with Crippen LogP contribution in [-0.4, -0.2) is 20.4 Å². The fourth-order valence-corrected chi connectivity index (χ4v) is 3.48. The number of hydrogen-bond acceptors (Lipinski definition) is 5. The Hall–Kier alpha value is -3.18. The van der Waals surface area contributed by atoms with E-state index in [0.717, 1.165) is 22.0 Å². The lowest BCUT2D eigenvalue weighted by molar-refractivity contribution is 0.561. The summed E-state index contributed by atoms with van der Waals surface area (Å²) in [4.78, 5) is 3.81. The van der Waals surface area contributed by atoms with Crippen LogP contribution < -0.4 is 4.31 Å². The van der Waals surface area contributed by atoms with Gasteiger partial charge in [0, 0.05) is 12.6 Å². The summed E-state index contributed by atoms with van der Waals surface area (Å²) < 4.78 is 45.1. The number of sulfonamides is 1. The van der Waals surface area contributed by atoms with Crippen molar-refractivity contribution in [2.45, 2.75) is 11.8 Å². The molecule has 0 spiro atoms. The molecule has 3 rings (SSSR count). The summed E-state index contributed by atoms with van der Waals surface area (Å²) in [5.41, 5.74) is 1.46. The lowest BCUT2D eigenvalue weighted by atomic mass is 10.1. The minimum Gasteiger partial charge on any atom is -0.418 e. The lowest BCUT2D eigenvalue weighted by Crippen LogP contribution is -2.27. The van der Waals surface area contributed by atoms with Crippen LogP contribution in [0, 0.1) is 24.1 Å². The predicted molar refractivity (Wildman–Crippen MR) is 93.4 cm³/mol. The van der Waals surface area contributed by atoms with E-state index in [1.165, 1.54) is 19.2 Å². The second-order valence-electron chi connectivity index (χ2n) is 5.58. The number of nitrogens with zero attached hydrogens (tertiary/aromatic N) is 3. The SMILES string of the molecule is Cc1ccc(-c2nc(C#N)c(N(C)S(=O)(=O)c3cccc(F)c3)o2)cc1. The Morgan fingerprint density at radius 1 is 1.19 bits per heavy atom. The maximum atomic E-state index is 13.4. The number of halogens is 1. The molecule has 0 aliphatic rings. The molecule has 26 heavy (non-hydrogen) atoms. The van der Waals surface area contributed by atoms with Gasteiger partial charge in [0.25, 0.3) is 10.0 Å². The third-order valence-corrected chi connectivity index (χ3v) is 5.49. The second kappa shape index (κ2) is 6.61. The maximum absolute atomic E-state index is 13.4. The molecule has 6 nitrogen and oxygen atoms in total. The van der Waals surface area contributed by atoms with Crippen molar-refractivity contribution in [1.29, 1.82) is 5.26 Å². The Labute approximate surface area is 150 Å². The third kappa shape index (κ3) is 3.17. The van der Waals surface area contributed by atoms with Gasteiger partial charge in [-0.25, -0.2) is 17.1 Å². The van der Waals surface area contributed by atoms with Gasteiger partial charge in [0.2, 0.25) is 17.5 Å². The first kappa shape index (κ1) is 17.6. The van der Waals surface area contributed by atoms with Gasteiger partial charge < -0.3 is 4.42 Å². The fraction of sp³-hybridized carbons (Fsp3) is 0.111. The molecular formula is C18H14FN3O3S. The molecule has 0 saturated carbocycles. The van der Waals surface area contributed by atoms with Crippen molar-refractivity contribution >= 4 is 15.9 Å². The van der Waals surface area contributed by atoms with E-state index >= 15 is 0 Å². The normalized spacial score (nSPS) is 11.2. The zero-order chi connectivity index (χ0) is 18.9. The summed E-state index contributed by atoms with van der Waals surface area (Å²) in [6.45, 7) is 1.92. The van der Waals surface area contributed by atoms with Crippen molar-refractivity contribution in [3.05, 3.63) is 65.6 Å². The molecule has 1 aromatic heterocycles. The zero-order valence-electron chi connectivity index (χ0n) is 14.0. The maximum Gasteiger partial charge on any atom is 0.266 e. The Balaban J connectivity index is 2.06. The van der Waals surface area contributed by atoms with Crippen LogP contribution in [-0.2, 0) is 10.0 Å². The summed E-state index contributed by atoms with van der Waals surface area (Å²) in [6, 6.07) is 13.6.